The predicted molar refractivity (Wildman–Crippen MR) is 89.4 cm³/mol. The molecular weight excluding hydrogens is 268 g/mol. The van der Waals surface area contributed by atoms with Gasteiger partial charge in [-0.15, -0.1) is 0 Å². The van der Waals surface area contributed by atoms with Gasteiger partial charge in [0.05, 0.1) is 8.07 Å². The van der Waals surface area contributed by atoms with Crippen molar-refractivity contribution in [3.05, 3.63) is 53.6 Å². The molecule has 0 amide bonds. The van der Waals surface area contributed by atoms with Gasteiger partial charge in [0.25, 0.3) is 0 Å². The highest BCUT2D eigenvalue weighted by atomic mass is 35.5. The first kappa shape index (κ1) is 12.7. The van der Waals surface area contributed by atoms with Crippen LogP contribution >= 0.6 is 11.6 Å². The minimum absolute atomic E-state index is 0.847. The molecule has 0 nitrogen and oxygen atoms in total. The van der Waals surface area contributed by atoms with Gasteiger partial charge in [-0.3, -0.25) is 0 Å². The van der Waals surface area contributed by atoms with Gasteiger partial charge in [0.1, 0.15) is 0 Å². The highest BCUT2D eigenvalue weighted by Crippen LogP contribution is 2.26. The molecule has 0 aliphatic heterocycles. The van der Waals surface area contributed by atoms with E-state index in [-0.39, 0.29) is 0 Å². The lowest BCUT2D eigenvalue weighted by Gasteiger charge is -2.20. The van der Waals surface area contributed by atoms with Gasteiger partial charge in [0.15, 0.2) is 0 Å². The molecule has 96 valence electrons. The van der Waals surface area contributed by atoms with Crippen LogP contribution in [0, 0.1) is 0 Å². The third-order valence-corrected chi connectivity index (χ3v) is 5.84. The molecule has 0 atom stereocenters. The Hall–Kier alpha value is -1.31. The predicted octanol–water partition coefficient (Wildman–Crippen LogP) is 5.19. The smallest absolute Gasteiger partial charge is 0.0784 e. The second kappa shape index (κ2) is 4.36. The SMILES string of the molecule is C[Si](C)(C)c1cc(Cl)cc2cc3ccccc3cc12. The Labute approximate surface area is 120 Å². The van der Waals surface area contributed by atoms with E-state index in [9.17, 15) is 0 Å². The minimum Gasteiger partial charge on any atom is -0.0843 e. The average Bonchev–Trinajstić information content (AvgIpc) is 2.34. The van der Waals surface area contributed by atoms with E-state index in [1.807, 2.05) is 0 Å². The van der Waals surface area contributed by atoms with Gasteiger partial charge in [0, 0.05) is 5.02 Å². The molecule has 0 bridgehead atoms. The normalized spacial score (nSPS) is 12.2. The number of fused-ring (bicyclic) bond motifs is 2. The number of benzene rings is 3. The van der Waals surface area contributed by atoms with Crippen LogP contribution in [-0.2, 0) is 0 Å². The quantitative estimate of drug-likeness (QED) is 0.426. The van der Waals surface area contributed by atoms with Crippen LogP contribution in [0.1, 0.15) is 0 Å². The number of rotatable bonds is 1. The van der Waals surface area contributed by atoms with Crippen molar-refractivity contribution in [1.29, 1.82) is 0 Å². The Morgan fingerprint density at radius 2 is 1.42 bits per heavy atom. The van der Waals surface area contributed by atoms with Gasteiger partial charge in [-0.05, 0) is 45.8 Å². The lowest BCUT2D eigenvalue weighted by Crippen LogP contribution is -2.38. The zero-order valence-electron chi connectivity index (χ0n) is 11.5. The van der Waals surface area contributed by atoms with Crippen molar-refractivity contribution in [3.63, 3.8) is 0 Å². The van der Waals surface area contributed by atoms with E-state index in [4.69, 9.17) is 11.6 Å². The molecule has 0 N–H and O–H groups in total. The van der Waals surface area contributed by atoms with Crippen molar-refractivity contribution < 1.29 is 0 Å². The first-order valence-corrected chi connectivity index (χ1v) is 10.5. The molecule has 0 aliphatic carbocycles. The van der Waals surface area contributed by atoms with E-state index in [0.717, 1.165) is 5.02 Å². The molecule has 0 unspecified atom stereocenters. The highest BCUT2D eigenvalue weighted by Gasteiger charge is 2.20. The summed E-state index contributed by atoms with van der Waals surface area (Å²) in [6.07, 6.45) is 0. The van der Waals surface area contributed by atoms with Gasteiger partial charge < -0.3 is 0 Å². The standard InChI is InChI=1S/C17H17ClSi/c1-19(2,3)17-11-15(18)9-14-8-12-6-4-5-7-13(12)10-16(14)17/h4-11H,1-3H3. The van der Waals surface area contributed by atoms with Crippen molar-refractivity contribution in [1.82, 2.24) is 0 Å². The maximum Gasteiger partial charge on any atom is 0.0784 e. The van der Waals surface area contributed by atoms with Crippen LogP contribution < -0.4 is 5.19 Å². The molecule has 0 radical (unpaired) electrons. The Morgan fingerprint density at radius 1 is 0.789 bits per heavy atom. The fraction of sp³-hybridized carbons (Fsp3) is 0.176. The molecule has 19 heavy (non-hydrogen) atoms. The topological polar surface area (TPSA) is 0 Å². The summed E-state index contributed by atoms with van der Waals surface area (Å²) < 4.78 is 0. The molecular formula is C17H17ClSi. The second-order valence-corrected chi connectivity index (χ2v) is 11.6. The summed E-state index contributed by atoms with van der Waals surface area (Å²) in [6, 6.07) is 17.3. The zero-order chi connectivity index (χ0) is 13.6. The Kier molecular flexibility index (Phi) is 2.92. The minimum atomic E-state index is -1.40. The average molecular weight is 285 g/mol. The summed E-state index contributed by atoms with van der Waals surface area (Å²) in [4.78, 5) is 0. The molecule has 0 fully saturated rings. The molecule has 3 rings (SSSR count). The fourth-order valence-electron chi connectivity index (χ4n) is 2.64. The highest BCUT2D eigenvalue weighted by molar-refractivity contribution is 6.90. The van der Waals surface area contributed by atoms with Crippen LogP contribution in [0.3, 0.4) is 0 Å². The monoisotopic (exact) mass is 284 g/mol. The van der Waals surface area contributed by atoms with Crippen molar-refractivity contribution >= 4 is 46.4 Å². The fourth-order valence-corrected chi connectivity index (χ4v) is 4.57. The van der Waals surface area contributed by atoms with E-state index in [1.165, 1.54) is 26.7 Å². The van der Waals surface area contributed by atoms with E-state index < -0.39 is 8.07 Å². The summed E-state index contributed by atoms with van der Waals surface area (Å²) in [5, 5.41) is 7.49. The molecule has 0 saturated carbocycles. The van der Waals surface area contributed by atoms with Crippen molar-refractivity contribution in [2.24, 2.45) is 0 Å². The van der Waals surface area contributed by atoms with E-state index >= 15 is 0 Å². The third kappa shape index (κ3) is 2.29. The molecule has 3 aromatic rings. The maximum absolute atomic E-state index is 6.30. The molecule has 0 aromatic heterocycles. The number of hydrogen-bond donors (Lipinski definition) is 0. The lowest BCUT2D eigenvalue weighted by atomic mass is 10.0. The molecule has 0 saturated heterocycles. The van der Waals surface area contributed by atoms with E-state index in [2.05, 4.69) is 68.2 Å². The Morgan fingerprint density at radius 3 is 2.05 bits per heavy atom. The largest absolute Gasteiger partial charge is 0.0843 e. The summed E-state index contributed by atoms with van der Waals surface area (Å²) in [5.41, 5.74) is 0. The van der Waals surface area contributed by atoms with Crippen LogP contribution in [0.4, 0.5) is 0 Å². The summed E-state index contributed by atoms with van der Waals surface area (Å²) in [6.45, 7) is 7.11. The van der Waals surface area contributed by atoms with Crippen LogP contribution in [0.25, 0.3) is 21.5 Å². The summed E-state index contributed by atoms with van der Waals surface area (Å²) in [5.74, 6) is 0. The zero-order valence-corrected chi connectivity index (χ0v) is 13.3. The maximum atomic E-state index is 6.30. The van der Waals surface area contributed by atoms with Crippen LogP contribution in [0.2, 0.25) is 24.7 Å². The lowest BCUT2D eigenvalue weighted by molar-refractivity contribution is 1.72. The Balaban J connectivity index is 2.46. The van der Waals surface area contributed by atoms with E-state index in [0.29, 0.717) is 0 Å². The first-order valence-electron chi connectivity index (χ1n) is 6.58. The van der Waals surface area contributed by atoms with Gasteiger partial charge in [0.2, 0.25) is 0 Å². The summed E-state index contributed by atoms with van der Waals surface area (Å²) >= 11 is 6.30. The third-order valence-electron chi connectivity index (χ3n) is 3.59. The second-order valence-electron chi connectivity index (χ2n) is 6.12. The van der Waals surface area contributed by atoms with Gasteiger partial charge in [-0.1, -0.05) is 60.7 Å². The van der Waals surface area contributed by atoms with Gasteiger partial charge in [-0.2, -0.15) is 0 Å². The van der Waals surface area contributed by atoms with Gasteiger partial charge in [-0.25, -0.2) is 0 Å². The molecule has 3 aromatic carbocycles. The Bertz CT molecular complexity index is 769. The molecule has 0 spiro atoms. The van der Waals surface area contributed by atoms with Gasteiger partial charge >= 0.3 is 0 Å². The van der Waals surface area contributed by atoms with Crippen molar-refractivity contribution in [3.8, 4) is 0 Å². The van der Waals surface area contributed by atoms with E-state index in [1.54, 1.807) is 0 Å². The van der Waals surface area contributed by atoms with Crippen molar-refractivity contribution in [2.75, 3.05) is 0 Å². The molecule has 0 heterocycles. The number of hydrogen-bond acceptors (Lipinski definition) is 0. The summed E-state index contributed by atoms with van der Waals surface area (Å²) in [7, 11) is -1.40. The van der Waals surface area contributed by atoms with Crippen LogP contribution in [-0.4, -0.2) is 8.07 Å². The molecule has 2 heteroatoms. The number of halogens is 1. The first-order chi connectivity index (χ1) is 8.95. The van der Waals surface area contributed by atoms with Crippen LogP contribution in [0.5, 0.6) is 0 Å². The van der Waals surface area contributed by atoms with Crippen LogP contribution in [0.15, 0.2) is 48.5 Å². The van der Waals surface area contributed by atoms with Crippen molar-refractivity contribution in [2.45, 2.75) is 19.6 Å². The molecule has 0 aliphatic rings.